The second-order valence-electron chi connectivity index (χ2n) is 4.97. The molecule has 0 aliphatic carbocycles. The number of carbonyl (C=O) groups is 3. The van der Waals surface area contributed by atoms with Crippen LogP contribution in [0.3, 0.4) is 0 Å². The van der Waals surface area contributed by atoms with Crippen LogP contribution in [0.2, 0.25) is 0 Å². The highest BCUT2D eigenvalue weighted by Gasteiger charge is 2.53. The zero-order valence-corrected chi connectivity index (χ0v) is 14.5. The number of hydrogen-bond donors (Lipinski definition) is 3. The molecule has 0 bridgehead atoms. The maximum Gasteiger partial charge on any atom is 0.352 e. The second kappa shape index (κ2) is 6.72. The molecule has 0 unspecified atom stereocenters. The van der Waals surface area contributed by atoms with E-state index in [1.54, 1.807) is 5.38 Å². The number of thiazole rings is 1. The molecule has 0 spiro atoms. The summed E-state index contributed by atoms with van der Waals surface area (Å²) in [5, 5.41) is 16.7. The van der Waals surface area contributed by atoms with E-state index in [0.717, 1.165) is 16.2 Å². The van der Waals surface area contributed by atoms with Crippen molar-refractivity contribution in [2.24, 2.45) is 5.16 Å². The van der Waals surface area contributed by atoms with Gasteiger partial charge in [-0.25, -0.2) is 9.78 Å². The van der Waals surface area contributed by atoms with E-state index in [1.165, 1.54) is 24.9 Å². The number of anilines is 1. The molecule has 2 atom stereocenters. The smallest absolute Gasteiger partial charge is 0.352 e. The standard InChI is InChI=1S/C13H13N5O5S2/c1-23-17-7(5-4-25-13(14)15-5)9(19)16-8-10(20)18-6(12(21)22)2-3-24-11(8)18/h2,4,8,11H,3H2,1H3,(H2,14,15)(H,16,19)(H,21,22)/b17-7+/t8-,11-/m0/s1. The van der Waals surface area contributed by atoms with Gasteiger partial charge in [0.05, 0.1) is 0 Å². The number of thioether (sulfide) groups is 1. The minimum Gasteiger partial charge on any atom is -0.477 e. The largest absolute Gasteiger partial charge is 0.477 e. The van der Waals surface area contributed by atoms with Gasteiger partial charge in [0.25, 0.3) is 11.8 Å². The Morgan fingerprint density at radius 2 is 2.32 bits per heavy atom. The summed E-state index contributed by atoms with van der Waals surface area (Å²) in [6, 6.07) is -0.849. The number of fused-ring (bicyclic) bond motifs is 1. The van der Waals surface area contributed by atoms with Gasteiger partial charge in [-0.1, -0.05) is 5.16 Å². The number of rotatable bonds is 5. The SMILES string of the molecule is CO/N=C(/C(=O)N[C@H]1C(=O)N2C(C(=O)O)=CCS[C@@H]12)c1csc(N)n1. The molecule has 1 saturated heterocycles. The molecule has 0 radical (unpaired) electrons. The van der Waals surface area contributed by atoms with E-state index in [1.807, 2.05) is 0 Å². The number of amides is 2. The zero-order valence-electron chi connectivity index (χ0n) is 12.8. The predicted molar refractivity (Wildman–Crippen MR) is 90.8 cm³/mol. The lowest BCUT2D eigenvalue weighted by atomic mass is 10.0. The van der Waals surface area contributed by atoms with Gasteiger partial charge in [0.2, 0.25) is 0 Å². The topological polar surface area (TPSA) is 147 Å². The molecule has 25 heavy (non-hydrogen) atoms. The van der Waals surface area contributed by atoms with E-state index in [2.05, 4.69) is 20.3 Å². The van der Waals surface area contributed by atoms with Gasteiger partial charge in [0, 0.05) is 11.1 Å². The molecule has 1 aromatic rings. The normalized spacial score (nSPS) is 22.6. The Morgan fingerprint density at radius 1 is 1.56 bits per heavy atom. The summed E-state index contributed by atoms with van der Waals surface area (Å²) in [5.41, 5.74) is 5.60. The molecule has 2 aliphatic heterocycles. The fraction of sp³-hybridized carbons (Fsp3) is 0.308. The molecular formula is C13H13N5O5S2. The van der Waals surface area contributed by atoms with Gasteiger partial charge in [0.15, 0.2) is 10.8 Å². The summed E-state index contributed by atoms with van der Waals surface area (Å²) in [5.74, 6) is -1.89. The van der Waals surface area contributed by atoms with Crippen LogP contribution >= 0.6 is 23.1 Å². The summed E-state index contributed by atoms with van der Waals surface area (Å²) < 4.78 is 0. The summed E-state index contributed by atoms with van der Waals surface area (Å²) in [7, 11) is 1.28. The molecule has 1 fully saturated rings. The van der Waals surface area contributed by atoms with E-state index in [-0.39, 0.29) is 22.2 Å². The molecule has 4 N–H and O–H groups in total. The maximum absolute atomic E-state index is 12.5. The summed E-state index contributed by atoms with van der Waals surface area (Å²) in [4.78, 5) is 45.7. The lowest BCUT2D eigenvalue weighted by Crippen LogP contribution is -2.70. The first-order valence-electron chi connectivity index (χ1n) is 6.95. The van der Waals surface area contributed by atoms with Crippen LogP contribution in [0.15, 0.2) is 22.3 Å². The predicted octanol–water partition coefficient (Wildman–Crippen LogP) is -0.556. The fourth-order valence-corrected chi connectivity index (χ4v) is 4.18. The molecule has 3 heterocycles. The van der Waals surface area contributed by atoms with Crippen molar-refractivity contribution in [1.82, 2.24) is 15.2 Å². The summed E-state index contributed by atoms with van der Waals surface area (Å²) in [6.45, 7) is 0. The van der Waals surface area contributed by atoms with E-state index >= 15 is 0 Å². The number of nitrogens with one attached hydrogen (secondary N) is 1. The van der Waals surface area contributed by atoms with Crippen molar-refractivity contribution in [2.75, 3.05) is 18.6 Å². The Kier molecular flexibility index (Phi) is 4.63. The third-order valence-corrected chi connectivity index (χ3v) is 5.37. The van der Waals surface area contributed by atoms with Crippen molar-refractivity contribution >= 4 is 51.7 Å². The lowest BCUT2D eigenvalue weighted by molar-refractivity contribution is -0.150. The van der Waals surface area contributed by atoms with Gasteiger partial charge in [-0.15, -0.1) is 23.1 Å². The van der Waals surface area contributed by atoms with Gasteiger partial charge in [-0.3, -0.25) is 14.5 Å². The van der Waals surface area contributed by atoms with Crippen molar-refractivity contribution in [3.8, 4) is 0 Å². The van der Waals surface area contributed by atoms with Crippen molar-refractivity contribution in [2.45, 2.75) is 11.4 Å². The average Bonchev–Trinajstić information content (AvgIpc) is 3.02. The number of β-lactam (4-membered cyclic amide) rings is 1. The molecule has 2 amide bonds. The van der Waals surface area contributed by atoms with Gasteiger partial charge in [-0.2, -0.15) is 0 Å². The third-order valence-electron chi connectivity index (χ3n) is 3.51. The van der Waals surface area contributed by atoms with Gasteiger partial charge < -0.3 is 21.0 Å². The van der Waals surface area contributed by atoms with Crippen LogP contribution in [-0.2, 0) is 19.2 Å². The fourth-order valence-electron chi connectivity index (χ4n) is 2.44. The number of aliphatic carboxylic acids is 1. The van der Waals surface area contributed by atoms with E-state index in [0.29, 0.717) is 5.75 Å². The van der Waals surface area contributed by atoms with Crippen LogP contribution in [-0.4, -0.2) is 62.8 Å². The number of carboxylic acid groups (broad SMARTS) is 1. The van der Waals surface area contributed by atoms with Crippen LogP contribution in [0.1, 0.15) is 5.69 Å². The molecule has 132 valence electrons. The highest BCUT2D eigenvalue weighted by atomic mass is 32.2. The lowest BCUT2D eigenvalue weighted by Gasteiger charge is -2.48. The van der Waals surface area contributed by atoms with E-state index in [9.17, 15) is 14.4 Å². The summed E-state index contributed by atoms with van der Waals surface area (Å²) >= 11 is 2.49. The van der Waals surface area contributed by atoms with Crippen LogP contribution in [0.25, 0.3) is 0 Å². The first-order valence-corrected chi connectivity index (χ1v) is 8.88. The minimum absolute atomic E-state index is 0.0719. The quantitative estimate of drug-likeness (QED) is 0.348. The number of oxime groups is 1. The number of carbonyl (C=O) groups excluding carboxylic acids is 2. The molecule has 2 aliphatic rings. The number of aromatic nitrogens is 1. The van der Waals surface area contributed by atoms with Gasteiger partial charge >= 0.3 is 5.97 Å². The summed E-state index contributed by atoms with van der Waals surface area (Å²) in [6.07, 6.45) is 1.47. The Bertz CT molecular complexity index is 804. The first kappa shape index (κ1) is 17.2. The molecule has 1 aromatic heterocycles. The highest BCUT2D eigenvalue weighted by Crippen LogP contribution is 2.37. The highest BCUT2D eigenvalue weighted by molar-refractivity contribution is 8.00. The molecular weight excluding hydrogens is 370 g/mol. The van der Waals surface area contributed by atoms with Crippen molar-refractivity contribution < 1.29 is 24.3 Å². The molecule has 3 rings (SSSR count). The molecule has 12 heteroatoms. The van der Waals surface area contributed by atoms with Crippen LogP contribution in [0, 0.1) is 0 Å². The number of nitrogen functional groups attached to an aromatic ring is 1. The van der Waals surface area contributed by atoms with Crippen LogP contribution < -0.4 is 11.1 Å². The molecule has 0 aromatic carbocycles. The van der Waals surface area contributed by atoms with E-state index in [4.69, 9.17) is 10.8 Å². The van der Waals surface area contributed by atoms with Crippen LogP contribution in [0.5, 0.6) is 0 Å². The number of carboxylic acids is 1. The zero-order chi connectivity index (χ0) is 18.1. The Morgan fingerprint density at radius 3 is 2.92 bits per heavy atom. The first-order chi connectivity index (χ1) is 11.9. The van der Waals surface area contributed by atoms with Crippen molar-refractivity contribution in [3.05, 3.63) is 22.8 Å². The number of hydrogen-bond acceptors (Lipinski definition) is 9. The van der Waals surface area contributed by atoms with E-state index < -0.39 is 29.2 Å². The Hall–Kier alpha value is -2.60. The molecule has 0 saturated carbocycles. The van der Waals surface area contributed by atoms with Crippen molar-refractivity contribution in [1.29, 1.82) is 0 Å². The maximum atomic E-state index is 12.5. The van der Waals surface area contributed by atoms with Gasteiger partial charge in [0.1, 0.15) is 29.9 Å². The van der Waals surface area contributed by atoms with Crippen LogP contribution in [0.4, 0.5) is 5.13 Å². The van der Waals surface area contributed by atoms with Crippen molar-refractivity contribution in [3.63, 3.8) is 0 Å². The molecule has 10 nitrogen and oxygen atoms in total. The average molecular weight is 383 g/mol. The second-order valence-corrected chi connectivity index (χ2v) is 7.01. The Balaban J connectivity index is 1.75. The number of nitrogens with two attached hydrogens (primary N) is 1. The Labute approximate surface area is 149 Å². The van der Waals surface area contributed by atoms with Gasteiger partial charge in [-0.05, 0) is 6.08 Å². The minimum atomic E-state index is -1.18. The monoisotopic (exact) mass is 383 g/mol. The number of nitrogens with zero attached hydrogens (tertiary/aromatic N) is 3. The third kappa shape index (κ3) is 3.05.